The summed E-state index contributed by atoms with van der Waals surface area (Å²) in [5.41, 5.74) is -0.773. The van der Waals surface area contributed by atoms with Crippen molar-refractivity contribution in [3.63, 3.8) is 0 Å². The summed E-state index contributed by atoms with van der Waals surface area (Å²) < 4.78 is 66.3. The van der Waals surface area contributed by atoms with E-state index >= 15 is 0 Å². The van der Waals surface area contributed by atoms with E-state index in [-0.39, 0.29) is 10.6 Å². The highest BCUT2D eigenvalue weighted by Gasteiger charge is 2.38. The van der Waals surface area contributed by atoms with Gasteiger partial charge in [0.05, 0.1) is 10.5 Å². The molecule has 0 amide bonds. The average Bonchev–Trinajstić information content (AvgIpc) is 3.01. The van der Waals surface area contributed by atoms with E-state index in [4.69, 9.17) is 4.84 Å². The van der Waals surface area contributed by atoms with Crippen LogP contribution in [0, 0.1) is 0 Å². The molecule has 1 atom stereocenters. The van der Waals surface area contributed by atoms with Crippen LogP contribution in [0.15, 0.2) is 52.5 Å². The molecule has 0 aromatic heterocycles. The number of anilines is 2. The minimum absolute atomic E-state index is 0.00237. The van der Waals surface area contributed by atoms with Gasteiger partial charge >= 0.3 is 6.18 Å². The molecular weight excluding hydrogens is 475 g/mol. The van der Waals surface area contributed by atoms with E-state index < -0.39 is 27.4 Å². The van der Waals surface area contributed by atoms with E-state index in [1.54, 1.807) is 6.92 Å². The Morgan fingerprint density at radius 3 is 2.52 bits per heavy atom. The number of sulfonamides is 1. The van der Waals surface area contributed by atoms with Gasteiger partial charge in [0.2, 0.25) is 10.0 Å². The summed E-state index contributed by atoms with van der Waals surface area (Å²) in [6.45, 7) is 1.72. The third-order valence-electron chi connectivity index (χ3n) is 4.44. The molecule has 0 spiro atoms. The Morgan fingerprint density at radius 1 is 1.21 bits per heavy atom. The molecule has 0 unspecified atom stereocenters. The molecule has 6 nitrogen and oxygen atoms in total. The number of halogens is 4. The van der Waals surface area contributed by atoms with Crippen LogP contribution in [0.5, 0.6) is 0 Å². The molecule has 0 radical (unpaired) electrons. The van der Waals surface area contributed by atoms with Gasteiger partial charge in [0.15, 0.2) is 5.60 Å². The molecule has 11 heteroatoms. The number of nitrogens with zero attached hydrogens (tertiary/aromatic N) is 1. The van der Waals surface area contributed by atoms with Gasteiger partial charge in [-0.05, 0) is 66.3 Å². The molecule has 0 bridgehead atoms. The first-order valence-corrected chi connectivity index (χ1v) is 10.7. The molecule has 0 aliphatic carbocycles. The van der Waals surface area contributed by atoms with Gasteiger partial charge in [0.25, 0.3) is 0 Å². The zero-order chi connectivity index (χ0) is 21.4. The van der Waals surface area contributed by atoms with Crippen LogP contribution in [0.4, 0.5) is 24.5 Å². The molecule has 2 aromatic carbocycles. The number of benzene rings is 2. The number of hydrogen-bond donors (Lipinski definition) is 2. The fraction of sp³-hybridized carbons (Fsp3) is 0.278. The maximum atomic E-state index is 13.0. The number of hydrogen-bond acceptors (Lipinski definition) is 5. The zero-order valence-corrected chi connectivity index (χ0v) is 17.7. The Morgan fingerprint density at radius 2 is 1.93 bits per heavy atom. The van der Waals surface area contributed by atoms with Gasteiger partial charge in [-0.3, -0.25) is 0 Å². The largest absolute Gasteiger partial charge is 0.416 e. The second kappa shape index (κ2) is 7.62. The van der Waals surface area contributed by atoms with E-state index in [9.17, 15) is 21.6 Å². The van der Waals surface area contributed by atoms with E-state index in [1.165, 1.54) is 37.4 Å². The van der Waals surface area contributed by atoms with Gasteiger partial charge in [-0.15, -0.1) is 0 Å². The summed E-state index contributed by atoms with van der Waals surface area (Å²) >= 11 is 3.25. The average molecular weight is 492 g/mol. The van der Waals surface area contributed by atoms with Crippen molar-refractivity contribution in [2.24, 2.45) is 5.16 Å². The fourth-order valence-corrected chi connectivity index (χ4v) is 4.28. The Hall–Kier alpha value is -2.11. The maximum Gasteiger partial charge on any atom is 0.416 e. The van der Waals surface area contributed by atoms with Crippen LogP contribution in [0.25, 0.3) is 0 Å². The van der Waals surface area contributed by atoms with E-state index in [2.05, 4.69) is 31.1 Å². The van der Waals surface area contributed by atoms with Crippen molar-refractivity contribution in [3.8, 4) is 0 Å². The second-order valence-electron chi connectivity index (χ2n) is 6.58. The van der Waals surface area contributed by atoms with Gasteiger partial charge in [0.1, 0.15) is 4.62 Å². The second-order valence-corrected chi connectivity index (χ2v) is 9.39. The van der Waals surface area contributed by atoms with Crippen molar-refractivity contribution in [3.05, 3.63) is 53.6 Å². The molecule has 0 fully saturated rings. The van der Waals surface area contributed by atoms with Gasteiger partial charge in [-0.1, -0.05) is 11.2 Å². The zero-order valence-electron chi connectivity index (χ0n) is 15.3. The third kappa shape index (κ3) is 4.57. The number of rotatable bonds is 5. The van der Waals surface area contributed by atoms with Crippen LogP contribution in [0.2, 0.25) is 0 Å². The van der Waals surface area contributed by atoms with Crippen LogP contribution < -0.4 is 10.0 Å². The summed E-state index contributed by atoms with van der Waals surface area (Å²) in [4.78, 5) is 5.50. The standard InChI is InChI=1S/C18H17BrF3N3O3S/c1-17(10-16(19)25-28-17)14-9-13(29(26,27)23-2)6-7-15(14)24-12-5-3-4-11(8-12)18(20,21)22/h3-9,23-24H,10H2,1-2H3/t17-/m0/s1. The molecule has 3 rings (SSSR count). The molecule has 29 heavy (non-hydrogen) atoms. The van der Waals surface area contributed by atoms with Crippen LogP contribution in [-0.2, 0) is 26.6 Å². The van der Waals surface area contributed by atoms with Crippen LogP contribution in [0.1, 0.15) is 24.5 Å². The summed E-state index contributed by atoms with van der Waals surface area (Å²) in [5, 5.41) is 6.80. The quantitative estimate of drug-likeness (QED) is 0.635. The van der Waals surface area contributed by atoms with Gasteiger partial charge in [-0.2, -0.15) is 13.2 Å². The monoisotopic (exact) mass is 491 g/mol. The van der Waals surface area contributed by atoms with Crippen molar-refractivity contribution in [1.82, 2.24) is 4.72 Å². The van der Waals surface area contributed by atoms with E-state index in [1.807, 2.05) is 0 Å². The summed E-state index contributed by atoms with van der Waals surface area (Å²) in [5.74, 6) is 0. The highest BCUT2D eigenvalue weighted by atomic mass is 79.9. The van der Waals surface area contributed by atoms with E-state index in [0.29, 0.717) is 22.3 Å². The normalized spacial score (nSPS) is 19.6. The Kier molecular flexibility index (Phi) is 5.67. The minimum Gasteiger partial charge on any atom is -0.383 e. The van der Waals surface area contributed by atoms with Crippen LogP contribution in [-0.4, -0.2) is 20.1 Å². The van der Waals surface area contributed by atoms with Crippen molar-refractivity contribution < 1.29 is 26.4 Å². The van der Waals surface area contributed by atoms with Crippen molar-refractivity contribution >= 4 is 41.9 Å². The highest BCUT2D eigenvalue weighted by molar-refractivity contribution is 9.18. The predicted molar refractivity (Wildman–Crippen MR) is 107 cm³/mol. The Bertz CT molecular complexity index is 1070. The maximum absolute atomic E-state index is 13.0. The predicted octanol–water partition coefficient (Wildman–Crippen LogP) is 4.70. The van der Waals surface area contributed by atoms with E-state index in [0.717, 1.165) is 12.1 Å². The SMILES string of the molecule is CNS(=O)(=O)c1ccc(Nc2cccc(C(F)(F)F)c2)c([C@]2(C)CC(Br)=NO2)c1. The van der Waals surface area contributed by atoms with Crippen LogP contribution in [0.3, 0.4) is 0 Å². The van der Waals surface area contributed by atoms with Crippen molar-refractivity contribution in [2.75, 3.05) is 12.4 Å². The highest BCUT2D eigenvalue weighted by Crippen LogP contribution is 2.41. The topological polar surface area (TPSA) is 79.8 Å². The Labute approximate surface area is 174 Å². The lowest BCUT2D eigenvalue weighted by molar-refractivity contribution is -0.137. The number of alkyl halides is 3. The first-order chi connectivity index (χ1) is 13.4. The van der Waals surface area contributed by atoms with Crippen LogP contribution >= 0.6 is 15.9 Å². The molecule has 0 saturated carbocycles. The minimum atomic E-state index is -4.48. The van der Waals surface area contributed by atoms with Gasteiger partial charge < -0.3 is 10.2 Å². The first kappa shape index (κ1) is 21.6. The van der Waals surface area contributed by atoms with Gasteiger partial charge in [-0.25, -0.2) is 13.1 Å². The van der Waals surface area contributed by atoms with Gasteiger partial charge in [0, 0.05) is 23.4 Å². The molecular formula is C18H17BrF3N3O3S. The Balaban J connectivity index is 2.07. The molecule has 1 aliphatic rings. The lowest BCUT2D eigenvalue weighted by atomic mass is 9.91. The van der Waals surface area contributed by atoms with Crippen molar-refractivity contribution in [1.29, 1.82) is 0 Å². The molecule has 2 N–H and O–H groups in total. The lowest BCUT2D eigenvalue weighted by Gasteiger charge is -2.26. The third-order valence-corrected chi connectivity index (χ3v) is 6.28. The summed E-state index contributed by atoms with van der Waals surface area (Å²) in [6, 6.07) is 9.00. The summed E-state index contributed by atoms with van der Waals surface area (Å²) in [7, 11) is -2.45. The fourth-order valence-electron chi connectivity index (χ4n) is 2.92. The summed E-state index contributed by atoms with van der Waals surface area (Å²) in [6.07, 6.45) is -4.15. The molecule has 0 saturated heterocycles. The smallest absolute Gasteiger partial charge is 0.383 e. The molecule has 1 aliphatic heterocycles. The van der Waals surface area contributed by atoms with Crippen molar-refractivity contribution in [2.45, 2.75) is 30.0 Å². The number of nitrogens with one attached hydrogen (secondary N) is 2. The number of oxime groups is 1. The molecule has 156 valence electrons. The molecule has 2 aromatic rings. The molecule has 1 heterocycles. The lowest BCUT2D eigenvalue weighted by Crippen LogP contribution is -2.24. The first-order valence-electron chi connectivity index (χ1n) is 8.37.